The van der Waals surface area contributed by atoms with Crippen molar-refractivity contribution in [3.63, 3.8) is 0 Å². The zero-order valence-electron chi connectivity index (χ0n) is 25.8. The van der Waals surface area contributed by atoms with Gasteiger partial charge in [0.15, 0.2) is 6.23 Å². The van der Waals surface area contributed by atoms with Gasteiger partial charge in [-0.3, -0.25) is 4.18 Å². The van der Waals surface area contributed by atoms with Crippen LogP contribution < -0.4 is 9.16 Å². The molecule has 4 rings (SSSR count). The molecule has 42 heavy (non-hydrogen) atoms. The van der Waals surface area contributed by atoms with E-state index in [4.69, 9.17) is 27.9 Å². The van der Waals surface area contributed by atoms with Gasteiger partial charge in [0.25, 0.3) is 10.1 Å². The summed E-state index contributed by atoms with van der Waals surface area (Å²) in [5.41, 5.74) is 2.33. The van der Waals surface area contributed by atoms with Gasteiger partial charge >= 0.3 is 6.01 Å². The zero-order chi connectivity index (χ0) is 30.5. The summed E-state index contributed by atoms with van der Waals surface area (Å²) in [6.07, 6.45) is 5.61. The van der Waals surface area contributed by atoms with Crippen molar-refractivity contribution in [2.45, 2.75) is 83.8 Å². The number of aromatic nitrogens is 4. The van der Waals surface area contributed by atoms with Gasteiger partial charge in [-0.1, -0.05) is 20.8 Å². The molecule has 1 aromatic carbocycles. The Morgan fingerprint density at radius 2 is 1.95 bits per heavy atom. The minimum atomic E-state index is -3.51. The Labute approximate surface area is 250 Å². The fraction of sp³-hybridized carbons (Fsp3) is 0.621. The number of ether oxygens (including phenoxy) is 3. The lowest BCUT2D eigenvalue weighted by Gasteiger charge is -2.36. The number of hydrogen-bond acceptors (Lipinski definition) is 10. The van der Waals surface area contributed by atoms with E-state index in [0.29, 0.717) is 31.9 Å². The van der Waals surface area contributed by atoms with Gasteiger partial charge in [-0.15, -0.1) is 0 Å². The highest BCUT2D eigenvalue weighted by molar-refractivity contribution is 7.86. The highest BCUT2D eigenvalue weighted by Gasteiger charge is 2.39. The standard InChI is InChI=1S/C29H44N4O7SSi/c1-21(39-41(5,34)35)20-36-16-10-18-38-28-30-15-14-24(31-28)27-23-19-22(40-42(6,7)29(2,3)4)12-13-25(23)33(32-27)26-11-8-9-17-37-26/h12-15,19,21,26H,8-11,16-18,20H2,1-7H3. The molecule has 0 aliphatic carbocycles. The molecule has 1 saturated heterocycles. The molecular formula is C29H44N4O7SSi. The number of benzene rings is 1. The smallest absolute Gasteiger partial charge is 0.316 e. The summed E-state index contributed by atoms with van der Waals surface area (Å²) in [5, 5.41) is 6.00. The maximum Gasteiger partial charge on any atom is 0.316 e. The van der Waals surface area contributed by atoms with Crippen LogP contribution in [-0.2, 0) is 23.8 Å². The van der Waals surface area contributed by atoms with E-state index in [-0.39, 0.29) is 23.9 Å². The van der Waals surface area contributed by atoms with E-state index in [9.17, 15) is 8.42 Å². The largest absolute Gasteiger partial charge is 0.543 e. The van der Waals surface area contributed by atoms with Crippen LogP contribution >= 0.6 is 0 Å². The number of fused-ring (bicyclic) bond motifs is 1. The Morgan fingerprint density at radius 3 is 2.64 bits per heavy atom. The summed E-state index contributed by atoms with van der Waals surface area (Å²) in [6, 6.07) is 8.22. The van der Waals surface area contributed by atoms with Gasteiger partial charge in [0, 0.05) is 31.2 Å². The molecule has 2 atom stereocenters. The lowest BCUT2D eigenvalue weighted by Crippen LogP contribution is -2.43. The molecule has 3 aromatic rings. The molecule has 1 aliphatic heterocycles. The Kier molecular flexibility index (Phi) is 10.3. The van der Waals surface area contributed by atoms with Crippen LogP contribution in [0.4, 0.5) is 0 Å². The highest BCUT2D eigenvalue weighted by Crippen LogP contribution is 2.39. The van der Waals surface area contributed by atoms with Gasteiger partial charge in [0.05, 0.1) is 36.8 Å². The summed E-state index contributed by atoms with van der Waals surface area (Å²) in [5.74, 6) is 0.821. The van der Waals surface area contributed by atoms with Crippen LogP contribution in [0, 0.1) is 0 Å². The Bertz CT molecular complexity index is 1450. The first kappa shape index (κ1) is 32.3. The molecule has 0 radical (unpaired) electrons. The fourth-order valence-electron chi connectivity index (χ4n) is 4.40. The summed E-state index contributed by atoms with van der Waals surface area (Å²) in [6.45, 7) is 14.4. The zero-order valence-corrected chi connectivity index (χ0v) is 27.6. The first-order valence-corrected chi connectivity index (χ1v) is 19.2. The van der Waals surface area contributed by atoms with E-state index in [2.05, 4.69) is 56.0 Å². The van der Waals surface area contributed by atoms with Crippen LogP contribution in [0.2, 0.25) is 18.1 Å². The van der Waals surface area contributed by atoms with Crippen LogP contribution in [0.3, 0.4) is 0 Å². The number of rotatable bonds is 13. The Morgan fingerprint density at radius 1 is 1.17 bits per heavy atom. The van der Waals surface area contributed by atoms with Crippen molar-refractivity contribution in [1.82, 2.24) is 19.7 Å². The molecule has 1 fully saturated rings. The lowest BCUT2D eigenvalue weighted by molar-refractivity contribution is -0.0365. The second-order valence-corrected chi connectivity index (χ2v) is 18.6. The molecule has 2 unspecified atom stereocenters. The maximum atomic E-state index is 11.2. The van der Waals surface area contributed by atoms with Crippen molar-refractivity contribution >= 4 is 29.3 Å². The normalized spacial score (nSPS) is 17.4. The van der Waals surface area contributed by atoms with Crippen molar-refractivity contribution in [1.29, 1.82) is 0 Å². The quantitative estimate of drug-likeness (QED) is 0.133. The van der Waals surface area contributed by atoms with E-state index in [1.807, 2.05) is 16.8 Å². The van der Waals surface area contributed by atoms with Gasteiger partial charge in [-0.2, -0.15) is 18.5 Å². The topological polar surface area (TPSA) is 124 Å². The number of hydrogen-bond donors (Lipinski definition) is 0. The molecule has 0 bridgehead atoms. The third kappa shape index (κ3) is 8.50. The summed E-state index contributed by atoms with van der Waals surface area (Å²) < 4.78 is 53.3. The third-order valence-electron chi connectivity index (χ3n) is 7.52. The molecule has 0 N–H and O–H groups in total. The van der Waals surface area contributed by atoms with Gasteiger partial charge in [0.1, 0.15) is 11.4 Å². The third-order valence-corrected chi connectivity index (χ3v) is 12.6. The first-order chi connectivity index (χ1) is 19.7. The van der Waals surface area contributed by atoms with Crippen molar-refractivity contribution in [2.75, 3.05) is 32.7 Å². The summed E-state index contributed by atoms with van der Waals surface area (Å²) in [7, 11) is -5.56. The summed E-state index contributed by atoms with van der Waals surface area (Å²) in [4.78, 5) is 8.95. The van der Waals surface area contributed by atoms with E-state index < -0.39 is 24.5 Å². The van der Waals surface area contributed by atoms with Gasteiger partial charge in [0.2, 0.25) is 8.32 Å². The van der Waals surface area contributed by atoms with Crippen molar-refractivity contribution in [3.05, 3.63) is 30.5 Å². The van der Waals surface area contributed by atoms with Crippen molar-refractivity contribution in [3.8, 4) is 23.1 Å². The van der Waals surface area contributed by atoms with E-state index in [1.54, 1.807) is 13.1 Å². The minimum absolute atomic E-state index is 0.0665. The van der Waals surface area contributed by atoms with Crippen LogP contribution in [0.15, 0.2) is 30.5 Å². The Hall–Kier alpha value is -2.58. The monoisotopic (exact) mass is 620 g/mol. The minimum Gasteiger partial charge on any atom is -0.543 e. The van der Waals surface area contributed by atoms with Crippen LogP contribution in [0.25, 0.3) is 22.3 Å². The maximum absolute atomic E-state index is 11.2. The van der Waals surface area contributed by atoms with Crippen molar-refractivity contribution < 1.29 is 31.2 Å². The second kappa shape index (κ2) is 13.4. The van der Waals surface area contributed by atoms with Gasteiger partial charge < -0.3 is 18.6 Å². The molecule has 0 amide bonds. The van der Waals surface area contributed by atoms with Gasteiger partial charge in [-0.05, 0) is 68.6 Å². The molecule has 3 heterocycles. The molecule has 2 aromatic heterocycles. The predicted molar refractivity (Wildman–Crippen MR) is 164 cm³/mol. The molecule has 11 nitrogen and oxygen atoms in total. The Balaban J connectivity index is 1.51. The highest BCUT2D eigenvalue weighted by atomic mass is 32.2. The van der Waals surface area contributed by atoms with E-state index in [0.717, 1.165) is 47.9 Å². The van der Waals surface area contributed by atoms with Crippen LogP contribution in [-0.4, -0.2) is 75.3 Å². The average molecular weight is 621 g/mol. The van der Waals surface area contributed by atoms with Crippen molar-refractivity contribution in [2.24, 2.45) is 0 Å². The molecule has 0 spiro atoms. The predicted octanol–water partition coefficient (Wildman–Crippen LogP) is 5.73. The molecule has 0 saturated carbocycles. The average Bonchev–Trinajstić information content (AvgIpc) is 3.28. The van der Waals surface area contributed by atoms with Crippen LogP contribution in [0.1, 0.15) is 59.6 Å². The molecule has 232 valence electrons. The van der Waals surface area contributed by atoms with E-state index in [1.165, 1.54) is 0 Å². The second-order valence-electron chi connectivity index (χ2n) is 12.3. The van der Waals surface area contributed by atoms with E-state index >= 15 is 0 Å². The van der Waals surface area contributed by atoms with Gasteiger partial charge in [-0.25, -0.2) is 9.67 Å². The number of nitrogens with zero attached hydrogens (tertiary/aromatic N) is 4. The summed E-state index contributed by atoms with van der Waals surface area (Å²) >= 11 is 0. The molecule has 1 aliphatic rings. The molecule has 13 heteroatoms. The molecular weight excluding hydrogens is 576 g/mol. The van der Waals surface area contributed by atoms with Crippen LogP contribution in [0.5, 0.6) is 11.8 Å². The lowest BCUT2D eigenvalue weighted by atomic mass is 10.1. The SMILES string of the molecule is CC(COCCCOc1nccc(-c2nn(C3CCCCO3)c3ccc(O[Si](C)(C)C(C)(C)C)cc23)n1)OS(C)(=O)=O. The fourth-order valence-corrected chi connectivity index (χ4v) is 6.07. The first-order valence-electron chi connectivity index (χ1n) is 14.5.